The molecular formula is C18H20N2O4S. The number of aromatic nitrogens is 1. The van der Waals surface area contributed by atoms with E-state index in [4.69, 9.17) is 4.74 Å². The minimum absolute atomic E-state index is 0.0979. The number of rotatable bonds is 5. The Bertz CT molecular complexity index is 790. The van der Waals surface area contributed by atoms with E-state index in [1.807, 2.05) is 23.6 Å². The van der Waals surface area contributed by atoms with Crippen molar-refractivity contribution >= 4 is 23.2 Å². The fourth-order valence-corrected chi connectivity index (χ4v) is 3.89. The highest BCUT2D eigenvalue weighted by molar-refractivity contribution is 7.13. The molecule has 2 aromatic rings. The SMILES string of the molecule is COCC1(C(=O)O)CCN(C(=O)c2ccc(-c3cccs3)nc2C)C1. The van der Waals surface area contributed by atoms with Gasteiger partial charge in [-0.25, -0.2) is 0 Å². The van der Waals surface area contributed by atoms with Crippen LogP contribution in [-0.4, -0.2) is 53.7 Å². The predicted molar refractivity (Wildman–Crippen MR) is 94.8 cm³/mol. The number of carbonyl (C=O) groups excluding carboxylic acids is 1. The van der Waals surface area contributed by atoms with Gasteiger partial charge in [0.1, 0.15) is 5.41 Å². The second-order valence-corrected chi connectivity index (χ2v) is 7.25. The van der Waals surface area contributed by atoms with E-state index in [1.165, 1.54) is 7.11 Å². The molecule has 1 fully saturated rings. The van der Waals surface area contributed by atoms with Gasteiger partial charge in [-0.1, -0.05) is 6.07 Å². The minimum Gasteiger partial charge on any atom is -0.481 e. The Morgan fingerprint density at radius 2 is 2.20 bits per heavy atom. The second-order valence-electron chi connectivity index (χ2n) is 6.30. The van der Waals surface area contributed by atoms with E-state index in [1.54, 1.807) is 29.2 Å². The number of ether oxygens (including phenoxy) is 1. The number of aryl methyl sites for hydroxylation is 1. The number of nitrogens with zero attached hydrogens (tertiary/aromatic N) is 2. The highest BCUT2D eigenvalue weighted by atomic mass is 32.1. The van der Waals surface area contributed by atoms with Gasteiger partial charge in [-0.3, -0.25) is 14.6 Å². The molecule has 1 amide bonds. The third-order valence-electron chi connectivity index (χ3n) is 4.61. The van der Waals surface area contributed by atoms with E-state index in [0.29, 0.717) is 24.2 Å². The molecule has 1 aliphatic heterocycles. The number of aliphatic carboxylic acids is 1. The number of methoxy groups -OCH3 is 1. The molecule has 1 saturated heterocycles. The zero-order chi connectivity index (χ0) is 18.0. The number of hydrogen-bond acceptors (Lipinski definition) is 5. The zero-order valence-corrected chi connectivity index (χ0v) is 15.0. The molecule has 0 radical (unpaired) electrons. The summed E-state index contributed by atoms with van der Waals surface area (Å²) in [6.45, 7) is 2.46. The third-order valence-corrected chi connectivity index (χ3v) is 5.50. The Morgan fingerprint density at radius 1 is 1.40 bits per heavy atom. The van der Waals surface area contributed by atoms with Crippen LogP contribution < -0.4 is 0 Å². The quantitative estimate of drug-likeness (QED) is 0.887. The van der Waals surface area contributed by atoms with Gasteiger partial charge in [0.2, 0.25) is 0 Å². The van der Waals surface area contributed by atoms with Crippen molar-refractivity contribution in [1.82, 2.24) is 9.88 Å². The average molecular weight is 360 g/mol. The van der Waals surface area contributed by atoms with Crippen molar-refractivity contribution in [2.75, 3.05) is 26.8 Å². The van der Waals surface area contributed by atoms with Gasteiger partial charge in [0.05, 0.1) is 28.4 Å². The monoisotopic (exact) mass is 360 g/mol. The first-order valence-corrected chi connectivity index (χ1v) is 8.88. The van der Waals surface area contributed by atoms with Crippen molar-refractivity contribution in [3.8, 4) is 10.6 Å². The van der Waals surface area contributed by atoms with Gasteiger partial charge in [0, 0.05) is 20.2 Å². The van der Waals surface area contributed by atoms with Gasteiger partial charge in [0.25, 0.3) is 5.91 Å². The van der Waals surface area contributed by atoms with Crippen LogP contribution in [-0.2, 0) is 9.53 Å². The van der Waals surface area contributed by atoms with Crippen molar-refractivity contribution in [2.45, 2.75) is 13.3 Å². The molecular weight excluding hydrogens is 340 g/mol. The number of carboxylic acid groups (broad SMARTS) is 1. The lowest BCUT2D eigenvalue weighted by Crippen LogP contribution is -2.40. The van der Waals surface area contributed by atoms with Gasteiger partial charge in [-0.05, 0) is 36.9 Å². The number of pyridine rings is 1. The van der Waals surface area contributed by atoms with Crippen molar-refractivity contribution in [1.29, 1.82) is 0 Å². The van der Waals surface area contributed by atoms with E-state index < -0.39 is 11.4 Å². The molecule has 3 rings (SSSR count). The zero-order valence-electron chi connectivity index (χ0n) is 14.2. The van der Waals surface area contributed by atoms with Crippen LogP contribution in [0.4, 0.5) is 0 Å². The van der Waals surface area contributed by atoms with Crippen LogP contribution in [0, 0.1) is 12.3 Å². The molecule has 2 aromatic heterocycles. The maximum absolute atomic E-state index is 12.8. The summed E-state index contributed by atoms with van der Waals surface area (Å²) < 4.78 is 5.08. The topological polar surface area (TPSA) is 79.7 Å². The summed E-state index contributed by atoms with van der Waals surface area (Å²) in [6.07, 6.45) is 0.391. The first kappa shape index (κ1) is 17.6. The fraction of sp³-hybridized carbons (Fsp3) is 0.389. The number of hydrogen-bond donors (Lipinski definition) is 1. The molecule has 1 atom stereocenters. The van der Waals surface area contributed by atoms with Gasteiger partial charge in [-0.2, -0.15) is 0 Å². The minimum atomic E-state index is -1.03. The standard InChI is InChI=1S/C18H20N2O4S/c1-12-13(5-6-14(19-12)15-4-3-9-25-15)16(21)20-8-7-18(10-20,11-24-2)17(22)23/h3-6,9H,7-8,10-11H2,1-2H3,(H,22,23). The first-order chi connectivity index (χ1) is 12.0. The molecule has 1 aliphatic rings. The Morgan fingerprint density at radius 3 is 2.80 bits per heavy atom. The van der Waals surface area contributed by atoms with Crippen molar-refractivity contribution in [3.63, 3.8) is 0 Å². The second kappa shape index (κ2) is 6.93. The van der Waals surface area contributed by atoms with Crippen LogP contribution in [0.25, 0.3) is 10.6 Å². The summed E-state index contributed by atoms with van der Waals surface area (Å²) >= 11 is 1.60. The highest BCUT2D eigenvalue weighted by Crippen LogP contribution is 2.32. The lowest BCUT2D eigenvalue weighted by atomic mass is 9.88. The summed E-state index contributed by atoms with van der Waals surface area (Å²) in [6, 6.07) is 7.56. The number of amides is 1. The number of carboxylic acids is 1. The van der Waals surface area contributed by atoms with Crippen molar-refractivity contribution in [2.24, 2.45) is 5.41 Å². The summed E-state index contributed by atoms with van der Waals surface area (Å²) in [5, 5.41) is 11.5. The fourth-order valence-electron chi connectivity index (χ4n) is 3.20. The molecule has 25 heavy (non-hydrogen) atoms. The maximum atomic E-state index is 12.8. The van der Waals surface area contributed by atoms with Crippen molar-refractivity contribution in [3.05, 3.63) is 40.9 Å². The van der Waals surface area contributed by atoms with Crippen LogP contribution >= 0.6 is 11.3 Å². The molecule has 1 N–H and O–H groups in total. The molecule has 0 saturated carbocycles. The largest absolute Gasteiger partial charge is 0.481 e. The molecule has 0 spiro atoms. The first-order valence-electron chi connectivity index (χ1n) is 8.00. The average Bonchev–Trinajstić information content (AvgIpc) is 3.25. The van der Waals surface area contributed by atoms with Crippen LogP contribution in [0.1, 0.15) is 22.5 Å². The summed E-state index contributed by atoms with van der Waals surface area (Å²) in [4.78, 5) is 31.6. The van der Waals surface area contributed by atoms with Gasteiger partial charge in [0.15, 0.2) is 0 Å². The highest BCUT2D eigenvalue weighted by Gasteiger charge is 2.46. The number of carbonyl (C=O) groups is 2. The molecule has 0 aromatic carbocycles. The van der Waals surface area contributed by atoms with E-state index in [-0.39, 0.29) is 19.1 Å². The van der Waals surface area contributed by atoms with Crippen LogP contribution in [0.15, 0.2) is 29.6 Å². The van der Waals surface area contributed by atoms with E-state index >= 15 is 0 Å². The normalized spacial score (nSPS) is 20.0. The number of likely N-dealkylation sites (tertiary alicyclic amines) is 1. The van der Waals surface area contributed by atoms with Gasteiger partial charge < -0.3 is 14.7 Å². The summed E-state index contributed by atoms with van der Waals surface area (Å²) in [5.41, 5.74) is 0.974. The molecule has 7 heteroatoms. The van der Waals surface area contributed by atoms with E-state index in [2.05, 4.69) is 4.98 Å². The van der Waals surface area contributed by atoms with Crippen LogP contribution in [0.2, 0.25) is 0 Å². The number of thiophene rings is 1. The Labute approximate surface area is 150 Å². The Balaban J connectivity index is 1.81. The lowest BCUT2D eigenvalue weighted by molar-refractivity contribution is -0.151. The molecule has 0 aliphatic carbocycles. The maximum Gasteiger partial charge on any atom is 0.313 e. The lowest BCUT2D eigenvalue weighted by Gasteiger charge is -2.24. The molecule has 132 valence electrons. The van der Waals surface area contributed by atoms with Gasteiger partial charge >= 0.3 is 5.97 Å². The molecule has 1 unspecified atom stereocenters. The molecule has 6 nitrogen and oxygen atoms in total. The van der Waals surface area contributed by atoms with E-state index in [9.17, 15) is 14.7 Å². The predicted octanol–water partition coefficient (Wildman–Crippen LogP) is 2.68. The van der Waals surface area contributed by atoms with E-state index in [0.717, 1.165) is 10.6 Å². The Kier molecular flexibility index (Phi) is 4.87. The third kappa shape index (κ3) is 3.29. The Hall–Kier alpha value is -2.25. The van der Waals surface area contributed by atoms with Crippen LogP contribution in [0.3, 0.4) is 0 Å². The smallest absolute Gasteiger partial charge is 0.313 e. The molecule has 3 heterocycles. The summed E-state index contributed by atoms with van der Waals surface area (Å²) in [5.74, 6) is -1.10. The molecule has 0 bridgehead atoms. The van der Waals surface area contributed by atoms with Gasteiger partial charge in [-0.15, -0.1) is 11.3 Å². The summed E-state index contributed by atoms with van der Waals surface area (Å²) in [7, 11) is 1.48. The van der Waals surface area contributed by atoms with Crippen LogP contribution in [0.5, 0.6) is 0 Å². The van der Waals surface area contributed by atoms with Crippen molar-refractivity contribution < 1.29 is 19.4 Å².